The molecule has 0 radical (unpaired) electrons. The van der Waals surface area contributed by atoms with Gasteiger partial charge in [-0.3, -0.25) is 9.36 Å². The molecule has 5 rings (SSSR count). The average molecular weight is 579 g/mol. The molecule has 1 N–H and O–H groups in total. The summed E-state index contributed by atoms with van der Waals surface area (Å²) in [6, 6.07) is 19.2. The monoisotopic (exact) mass is 578 g/mol. The fourth-order valence-electron chi connectivity index (χ4n) is 5.84. The second kappa shape index (κ2) is 12.5. The van der Waals surface area contributed by atoms with Crippen LogP contribution >= 0.6 is 0 Å². The Labute approximate surface area is 241 Å². The maximum absolute atomic E-state index is 14.2. The highest BCUT2D eigenvalue weighted by Crippen LogP contribution is 2.32. The van der Waals surface area contributed by atoms with E-state index >= 15 is 0 Å². The van der Waals surface area contributed by atoms with Crippen molar-refractivity contribution >= 4 is 5.65 Å². The first-order chi connectivity index (χ1) is 20.2. The largest absolute Gasteiger partial charge is 0.416 e. The summed E-state index contributed by atoms with van der Waals surface area (Å²) >= 11 is 0. The van der Waals surface area contributed by atoms with Gasteiger partial charge in [0.05, 0.1) is 36.2 Å². The van der Waals surface area contributed by atoms with Gasteiger partial charge in [-0.2, -0.15) is 23.5 Å². The summed E-state index contributed by atoms with van der Waals surface area (Å²) in [6.07, 6.45) is -1.91. The van der Waals surface area contributed by atoms with E-state index < -0.39 is 25.0 Å². The Kier molecular flexibility index (Phi) is 8.80. The quantitative estimate of drug-likeness (QED) is 0.263. The van der Waals surface area contributed by atoms with E-state index in [0.29, 0.717) is 55.3 Å². The van der Waals surface area contributed by atoms with E-state index in [2.05, 4.69) is 18.1 Å². The molecular formula is C32H33F3N4O3. The first kappa shape index (κ1) is 29.5. The number of halogens is 3. The van der Waals surface area contributed by atoms with Crippen molar-refractivity contribution < 1.29 is 23.0 Å². The SMILES string of the molecule is CCCc1c(Cc2ccc(-c3ccccc3C#N)cc2)c(=O)n([C@H]2CC[C@H](OCC(O)C(F)(F)F)CC2)c2ccnn12. The highest BCUT2D eigenvalue weighted by molar-refractivity contribution is 5.70. The van der Waals surface area contributed by atoms with Crippen molar-refractivity contribution in [2.24, 2.45) is 0 Å². The number of hydrogen-bond acceptors (Lipinski definition) is 5. The molecule has 2 aromatic carbocycles. The summed E-state index contributed by atoms with van der Waals surface area (Å²) in [5, 5.41) is 23.3. The predicted octanol–water partition coefficient (Wildman–Crippen LogP) is 6.00. The van der Waals surface area contributed by atoms with Crippen LogP contribution in [-0.2, 0) is 17.6 Å². The molecule has 4 aromatic rings. The van der Waals surface area contributed by atoms with Crippen LogP contribution in [0.3, 0.4) is 0 Å². The third-order valence-electron chi connectivity index (χ3n) is 8.01. The van der Waals surface area contributed by atoms with Gasteiger partial charge in [0.25, 0.3) is 5.56 Å². The number of benzene rings is 2. The van der Waals surface area contributed by atoms with Gasteiger partial charge >= 0.3 is 6.18 Å². The molecule has 2 aromatic heterocycles. The topological polar surface area (TPSA) is 92.5 Å². The number of aliphatic hydroxyl groups is 1. The van der Waals surface area contributed by atoms with Crippen molar-refractivity contribution in [1.82, 2.24) is 14.2 Å². The van der Waals surface area contributed by atoms with E-state index in [9.17, 15) is 28.3 Å². The summed E-state index contributed by atoms with van der Waals surface area (Å²) in [4.78, 5) is 14.2. The first-order valence-electron chi connectivity index (χ1n) is 14.3. The number of aliphatic hydroxyl groups excluding tert-OH is 1. The molecule has 42 heavy (non-hydrogen) atoms. The number of rotatable bonds is 9. The lowest BCUT2D eigenvalue weighted by Crippen LogP contribution is -2.37. The van der Waals surface area contributed by atoms with Gasteiger partial charge in [-0.25, -0.2) is 4.52 Å². The van der Waals surface area contributed by atoms with E-state index in [-0.39, 0.29) is 11.6 Å². The summed E-state index contributed by atoms with van der Waals surface area (Å²) in [5.41, 5.74) is 5.49. The summed E-state index contributed by atoms with van der Waals surface area (Å²) in [6.45, 7) is 1.27. The van der Waals surface area contributed by atoms with Crippen LogP contribution in [0.15, 0.2) is 65.6 Å². The van der Waals surface area contributed by atoms with Crippen molar-refractivity contribution in [3.63, 3.8) is 0 Å². The Morgan fingerprint density at radius 3 is 2.48 bits per heavy atom. The van der Waals surface area contributed by atoms with Gasteiger partial charge in [0, 0.05) is 24.1 Å². The van der Waals surface area contributed by atoms with Crippen LogP contribution in [0.4, 0.5) is 13.2 Å². The maximum Gasteiger partial charge on any atom is 0.416 e. The van der Waals surface area contributed by atoms with E-state index in [1.54, 1.807) is 16.8 Å². The van der Waals surface area contributed by atoms with Crippen LogP contribution in [0.1, 0.15) is 67.5 Å². The second-order valence-electron chi connectivity index (χ2n) is 10.8. The summed E-state index contributed by atoms with van der Waals surface area (Å²) < 4.78 is 47.0. The van der Waals surface area contributed by atoms with E-state index in [4.69, 9.17) is 4.74 Å². The minimum absolute atomic E-state index is 0.0813. The Morgan fingerprint density at radius 1 is 1.10 bits per heavy atom. The molecule has 0 aliphatic heterocycles. The molecule has 0 spiro atoms. The molecule has 0 saturated heterocycles. The fourth-order valence-corrected chi connectivity index (χ4v) is 5.84. The number of ether oxygens (including phenoxy) is 1. The number of aromatic nitrogens is 3. The Morgan fingerprint density at radius 2 is 1.81 bits per heavy atom. The van der Waals surface area contributed by atoms with Crippen molar-refractivity contribution in [2.75, 3.05) is 6.61 Å². The Balaban J connectivity index is 1.41. The third kappa shape index (κ3) is 6.13. The van der Waals surface area contributed by atoms with Gasteiger partial charge in [0.1, 0.15) is 5.65 Å². The van der Waals surface area contributed by atoms with E-state index in [1.165, 1.54) is 0 Å². The molecule has 220 valence electrons. The molecule has 7 nitrogen and oxygen atoms in total. The van der Waals surface area contributed by atoms with Crippen LogP contribution in [0, 0.1) is 11.3 Å². The zero-order valence-electron chi connectivity index (χ0n) is 23.3. The van der Waals surface area contributed by atoms with Crippen molar-refractivity contribution in [2.45, 2.75) is 76.3 Å². The molecule has 1 fully saturated rings. The molecule has 2 heterocycles. The average Bonchev–Trinajstić information content (AvgIpc) is 3.47. The number of alkyl halides is 3. The lowest BCUT2D eigenvalue weighted by Gasteiger charge is -2.31. The van der Waals surface area contributed by atoms with Gasteiger partial charge in [-0.05, 0) is 54.9 Å². The summed E-state index contributed by atoms with van der Waals surface area (Å²) in [7, 11) is 0. The minimum Gasteiger partial charge on any atom is -0.382 e. The second-order valence-corrected chi connectivity index (χ2v) is 10.8. The zero-order valence-corrected chi connectivity index (χ0v) is 23.3. The molecule has 10 heteroatoms. The van der Waals surface area contributed by atoms with Crippen molar-refractivity contribution in [3.05, 3.63) is 93.5 Å². The number of fused-ring (bicyclic) bond motifs is 1. The highest BCUT2D eigenvalue weighted by Gasteiger charge is 2.39. The standard InChI is InChI=1S/C32H33F3N4O3/c1-2-5-28-27(18-21-8-10-22(11-9-21)26-7-4-3-6-23(26)19-36)31(41)38(30-16-17-37-39(28)30)24-12-14-25(15-13-24)42-20-29(40)32(33,34)35/h3-4,6-11,16-17,24-25,29,40H,2,5,12-15,18,20H2,1H3/t24-,25-,29?. The Bertz CT molecular complexity index is 1630. The lowest BCUT2D eigenvalue weighted by atomic mass is 9.92. The number of nitriles is 1. The predicted molar refractivity (Wildman–Crippen MR) is 152 cm³/mol. The molecule has 1 atom stereocenters. The van der Waals surface area contributed by atoms with Crippen LogP contribution < -0.4 is 5.56 Å². The van der Waals surface area contributed by atoms with E-state index in [1.807, 2.05) is 53.0 Å². The summed E-state index contributed by atoms with van der Waals surface area (Å²) in [5.74, 6) is 0. The smallest absolute Gasteiger partial charge is 0.382 e. The van der Waals surface area contributed by atoms with Gasteiger partial charge < -0.3 is 9.84 Å². The molecule has 0 bridgehead atoms. The molecular weight excluding hydrogens is 545 g/mol. The highest BCUT2D eigenvalue weighted by atomic mass is 19.4. The number of aryl methyl sites for hydroxylation is 1. The maximum atomic E-state index is 14.2. The molecule has 1 aliphatic carbocycles. The van der Waals surface area contributed by atoms with Crippen molar-refractivity contribution in [3.8, 4) is 17.2 Å². The number of nitrogens with zero attached hydrogens (tertiary/aromatic N) is 4. The van der Waals surface area contributed by atoms with Crippen LogP contribution in [0.5, 0.6) is 0 Å². The zero-order chi connectivity index (χ0) is 29.9. The normalized spacial score (nSPS) is 18.2. The van der Waals surface area contributed by atoms with Gasteiger partial charge in [-0.1, -0.05) is 55.8 Å². The van der Waals surface area contributed by atoms with Gasteiger partial charge in [0.2, 0.25) is 0 Å². The fraction of sp³-hybridized carbons (Fsp3) is 0.406. The molecule has 0 amide bonds. The van der Waals surface area contributed by atoms with Gasteiger partial charge in [0.15, 0.2) is 6.10 Å². The van der Waals surface area contributed by atoms with E-state index in [0.717, 1.165) is 28.8 Å². The van der Waals surface area contributed by atoms with Crippen molar-refractivity contribution in [1.29, 1.82) is 5.26 Å². The molecule has 1 aliphatic rings. The van der Waals surface area contributed by atoms with Gasteiger partial charge in [-0.15, -0.1) is 0 Å². The third-order valence-corrected chi connectivity index (χ3v) is 8.01. The minimum atomic E-state index is -4.71. The molecule has 1 saturated carbocycles. The first-order valence-corrected chi connectivity index (χ1v) is 14.3. The van der Waals surface area contributed by atoms with Crippen LogP contribution in [0.25, 0.3) is 16.8 Å². The Hall–Kier alpha value is -3.94. The lowest BCUT2D eigenvalue weighted by molar-refractivity contribution is -0.222. The van der Waals surface area contributed by atoms with Crippen LogP contribution in [-0.4, -0.2) is 44.3 Å². The molecule has 1 unspecified atom stereocenters. The van der Waals surface area contributed by atoms with Crippen LogP contribution in [0.2, 0.25) is 0 Å². The number of hydrogen-bond donors (Lipinski definition) is 1.